The van der Waals surface area contributed by atoms with Gasteiger partial charge in [-0.15, -0.1) is 0 Å². The molecule has 1 aromatic carbocycles. The van der Waals surface area contributed by atoms with Gasteiger partial charge in [-0.1, -0.05) is 12.1 Å². The molecule has 6 nitrogen and oxygen atoms in total. The zero-order chi connectivity index (χ0) is 20.1. The van der Waals surface area contributed by atoms with E-state index in [0.717, 1.165) is 24.8 Å². The number of aromatic nitrogens is 1. The van der Waals surface area contributed by atoms with Crippen molar-refractivity contribution in [3.8, 4) is 5.75 Å². The summed E-state index contributed by atoms with van der Waals surface area (Å²) in [6.07, 6.45) is 5.09. The second-order valence-electron chi connectivity index (χ2n) is 7.70. The van der Waals surface area contributed by atoms with E-state index < -0.39 is 21.4 Å². The first-order chi connectivity index (χ1) is 13.1. The predicted molar refractivity (Wildman–Crippen MR) is 103 cm³/mol. The molecular formula is C21H21NO5S. The number of benzene rings is 1. The molecule has 7 heteroatoms. The lowest BCUT2D eigenvalue weighted by atomic mass is 9.92. The van der Waals surface area contributed by atoms with Gasteiger partial charge < -0.3 is 9.47 Å². The Morgan fingerprint density at radius 2 is 1.79 bits per heavy atom. The number of carbonyl (C=O) groups excluding carboxylic acids is 1. The maximum Gasteiger partial charge on any atom is 0.375 e. The van der Waals surface area contributed by atoms with E-state index in [1.165, 1.54) is 12.1 Å². The summed E-state index contributed by atoms with van der Waals surface area (Å²) in [6, 6.07) is 10.1. The molecule has 1 aromatic heterocycles. The molecule has 1 aliphatic heterocycles. The van der Waals surface area contributed by atoms with Crippen LogP contribution in [0.15, 0.2) is 53.2 Å². The standard InChI is InChI=1S/C21H21NO5S/c1-21(2)18(14-6-9-16(10-7-14)28(3,24)25)19(20(23)27-21)26-15-8-11-17(22-12-15)13-4-5-13/h6-13H,4-5H2,1-3H3. The monoisotopic (exact) mass is 399 g/mol. The second kappa shape index (κ2) is 6.44. The lowest BCUT2D eigenvalue weighted by Gasteiger charge is -2.21. The summed E-state index contributed by atoms with van der Waals surface area (Å²) in [7, 11) is -3.30. The van der Waals surface area contributed by atoms with Gasteiger partial charge in [0.1, 0.15) is 11.4 Å². The van der Waals surface area contributed by atoms with Gasteiger partial charge in [0.15, 0.2) is 9.84 Å². The number of hydrogen-bond acceptors (Lipinski definition) is 6. The van der Waals surface area contributed by atoms with Crippen molar-refractivity contribution < 1.29 is 22.7 Å². The number of sulfone groups is 1. The fraction of sp³-hybridized carbons (Fsp3) is 0.333. The molecule has 0 amide bonds. The highest BCUT2D eigenvalue weighted by Crippen LogP contribution is 2.41. The Hall–Kier alpha value is -2.67. The van der Waals surface area contributed by atoms with Crippen LogP contribution >= 0.6 is 0 Å². The SMILES string of the molecule is CC1(C)OC(=O)C(Oc2ccc(C3CC3)nc2)=C1c1ccc(S(C)(=O)=O)cc1. The number of cyclic esters (lactones) is 1. The van der Waals surface area contributed by atoms with Gasteiger partial charge in [0.25, 0.3) is 0 Å². The van der Waals surface area contributed by atoms with E-state index >= 15 is 0 Å². The Kier molecular flexibility index (Phi) is 4.30. The van der Waals surface area contributed by atoms with Crippen LogP contribution in [0.2, 0.25) is 0 Å². The van der Waals surface area contributed by atoms with Gasteiger partial charge in [-0.25, -0.2) is 13.2 Å². The molecular weight excluding hydrogens is 378 g/mol. The van der Waals surface area contributed by atoms with Crippen LogP contribution in [0.3, 0.4) is 0 Å². The number of esters is 1. The Bertz CT molecular complexity index is 1060. The number of hydrogen-bond donors (Lipinski definition) is 0. The smallest absolute Gasteiger partial charge is 0.375 e. The number of rotatable bonds is 5. The van der Waals surface area contributed by atoms with Crippen LogP contribution in [-0.4, -0.2) is 31.2 Å². The topological polar surface area (TPSA) is 82.6 Å². The Balaban J connectivity index is 1.71. The predicted octanol–water partition coefficient (Wildman–Crippen LogP) is 3.49. The van der Waals surface area contributed by atoms with Crippen molar-refractivity contribution in [1.29, 1.82) is 0 Å². The summed E-state index contributed by atoms with van der Waals surface area (Å²) in [4.78, 5) is 17.1. The van der Waals surface area contributed by atoms with Crippen molar-refractivity contribution in [2.45, 2.75) is 43.1 Å². The van der Waals surface area contributed by atoms with E-state index in [2.05, 4.69) is 4.98 Å². The third kappa shape index (κ3) is 3.54. The van der Waals surface area contributed by atoms with Crippen LogP contribution in [0.1, 0.15) is 43.9 Å². The number of nitrogens with zero attached hydrogens (tertiary/aromatic N) is 1. The lowest BCUT2D eigenvalue weighted by Crippen LogP contribution is -2.22. The summed E-state index contributed by atoms with van der Waals surface area (Å²) in [5.74, 6) is 0.531. The molecule has 1 saturated carbocycles. The van der Waals surface area contributed by atoms with Crippen molar-refractivity contribution in [3.05, 3.63) is 59.6 Å². The molecule has 2 aromatic rings. The van der Waals surface area contributed by atoms with Crippen molar-refractivity contribution in [3.63, 3.8) is 0 Å². The van der Waals surface area contributed by atoms with Gasteiger partial charge >= 0.3 is 5.97 Å². The molecule has 28 heavy (non-hydrogen) atoms. The third-order valence-corrected chi connectivity index (χ3v) is 6.04. The van der Waals surface area contributed by atoms with E-state index in [4.69, 9.17) is 9.47 Å². The van der Waals surface area contributed by atoms with Gasteiger partial charge in [-0.3, -0.25) is 4.98 Å². The third-order valence-electron chi connectivity index (χ3n) is 4.91. The Labute approximate surface area is 164 Å². The maximum atomic E-state index is 12.5. The van der Waals surface area contributed by atoms with Crippen molar-refractivity contribution in [2.24, 2.45) is 0 Å². The first kappa shape index (κ1) is 18.7. The quantitative estimate of drug-likeness (QED) is 0.716. The molecule has 0 bridgehead atoms. The second-order valence-corrected chi connectivity index (χ2v) is 9.71. The van der Waals surface area contributed by atoms with Gasteiger partial charge in [0, 0.05) is 17.9 Å². The average molecular weight is 399 g/mol. The summed E-state index contributed by atoms with van der Waals surface area (Å²) in [5, 5.41) is 0. The highest BCUT2D eigenvalue weighted by atomic mass is 32.2. The van der Waals surface area contributed by atoms with Crippen LogP contribution < -0.4 is 4.74 Å². The number of ether oxygens (including phenoxy) is 2. The first-order valence-corrected chi connectivity index (χ1v) is 11.0. The largest absolute Gasteiger partial charge is 0.449 e. The van der Waals surface area contributed by atoms with Crippen LogP contribution in [-0.2, 0) is 19.4 Å². The van der Waals surface area contributed by atoms with E-state index in [-0.39, 0.29) is 10.7 Å². The van der Waals surface area contributed by atoms with Gasteiger partial charge in [0.05, 0.1) is 16.7 Å². The maximum absolute atomic E-state index is 12.5. The summed E-state index contributed by atoms with van der Waals surface area (Å²) in [6.45, 7) is 3.55. The van der Waals surface area contributed by atoms with Crippen molar-refractivity contribution in [2.75, 3.05) is 6.26 Å². The number of carbonyl (C=O) groups is 1. The minimum absolute atomic E-state index is 0.0954. The van der Waals surface area contributed by atoms with Gasteiger partial charge in [-0.05, 0) is 56.5 Å². The highest BCUT2D eigenvalue weighted by molar-refractivity contribution is 7.90. The molecule has 2 heterocycles. The fourth-order valence-corrected chi connectivity index (χ4v) is 3.97. The van der Waals surface area contributed by atoms with Crippen LogP contribution in [0.5, 0.6) is 5.75 Å². The molecule has 0 N–H and O–H groups in total. The van der Waals surface area contributed by atoms with Crippen molar-refractivity contribution in [1.82, 2.24) is 4.98 Å². The minimum Gasteiger partial charge on any atom is -0.449 e. The van der Waals surface area contributed by atoms with Crippen LogP contribution in [0, 0.1) is 0 Å². The van der Waals surface area contributed by atoms with Crippen LogP contribution in [0.4, 0.5) is 0 Å². The molecule has 0 unspecified atom stereocenters. The lowest BCUT2D eigenvalue weighted by molar-refractivity contribution is -0.145. The molecule has 0 saturated heterocycles. The van der Waals surface area contributed by atoms with E-state index in [0.29, 0.717) is 22.8 Å². The molecule has 1 aliphatic carbocycles. The van der Waals surface area contributed by atoms with E-state index in [9.17, 15) is 13.2 Å². The molecule has 0 atom stereocenters. The molecule has 1 fully saturated rings. The minimum atomic E-state index is -3.30. The van der Waals surface area contributed by atoms with Crippen molar-refractivity contribution >= 4 is 21.4 Å². The molecule has 4 rings (SSSR count). The molecule has 0 radical (unpaired) electrons. The normalized spacial score (nSPS) is 18.9. The summed E-state index contributed by atoms with van der Waals surface area (Å²) < 4.78 is 34.8. The Morgan fingerprint density at radius 1 is 1.11 bits per heavy atom. The summed E-state index contributed by atoms with van der Waals surface area (Å²) >= 11 is 0. The van der Waals surface area contributed by atoms with Gasteiger partial charge in [0.2, 0.25) is 5.76 Å². The molecule has 2 aliphatic rings. The zero-order valence-corrected chi connectivity index (χ0v) is 16.7. The molecule has 146 valence electrons. The number of pyridine rings is 1. The molecule has 0 spiro atoms. The first-order valence-electron chi connectivity index (χ1n) is 9.07. The summed E-state index contributed by atoms with van der Waals surface area (Å²) in [5.41, 5.74) is 1.37. The average Bonchev–Trinajstić information content (AvgIpc) is 3.42. The van der Waals surface area contributed by atoms with E-state index in [1.807, 2.05) is 6.07 Å². The fourth-order valence-electron chi connectivity index (χ4n) is 3.34. The van der Waals surface area contributed by atoms with Gasteiger partial charge in [-0.2, -0.15) is 0 Å². The highest BCUT2D eigenvalue weighted by Gasteiger charge is 2.43. The Morgan fingerprint density at radius 3 is 2.32 bits per heavy atom. The van der Waals surface area contributed by atoms with E-state index in [1.54, 1.807) is 38.2 Å². The van der Waals surface area contributed by atoms with Crippen LogP contribution in [0.25, 0.3) is 5.57 Å². The zero-order valence-electron chi connectivity index (χ0n) is 15.9.